The van der Waals surface area contributed by atoms with Crippen molar-refractivity contribution < 1.29 is 34.1 Å². The Hall–Kier alpha value is -4.32. The number of hydrogen-bond donors (Lipinski definition) is 4. The summed E-state index contributed by atoms with van der Waals surface area (Å²) in [5.41, 5.74) is 7.33. The molecule has 1 aromatic heterocycles. The zero-order valence-corrected chi connectivity index (χ0v) is 27.1. The Morgan fingerprint density at radius 3 is 1.96 bits per heavy atom. The Kier molecular flexibility index (Phi) is 13.2. The predicted molar refractivity (Wildman–Crippen MR) is 173 cm³/mol. The summed E-state index contributed by atoms with van der Waals surface area (Å²) in [5.74, 6) is -1.15. The van der Waals surface area contributed by atoms with Gasteiger partial charge in [-0.3, -0.25) is 9.78 Å². The lowest BCUT2D eigenvalue weighted by Crippen LogP contribution is -2.62. The van der Waals surface area contributed by atoms with Gasteiger partial charge in [0.05, 0.1) is 23.8 Å². The van der Waals surface area contributed by atoms with Crippen LogP contribution in [-0.4, -0.2) is 74.1 Å². The highest BCUT2D eigenvalue weighted by molar-refractivity contribution is 5.95. The molecular weight excluding hydrogens is 588 g/mol. The van der Waals surface area contributed by atoms with Gasteiger partial charge in [0.15, 0.2) is 0 Å². The van der Waals surface area contributed by atoms with Crippen molar-refractivity contribution in [3.8, 4) is 0 Å². The molecule has 0 saturated carbocycles. The third kappa shape index (κ3) is 10.9. The van der Waals surface area contributed by atoms with Crippen molar-refractivity contribution in [2.24, 2.45) is 11.7 Å². The van der Waals surface area contributed by atoms with E-state index in [0.717, 1.165) is 10.5 Å². The molecule has 0 saturated heterocycles. The summed E-state index contributed by atoms with van der Waals surface area (Å²) in [6.07, 6.45) is -3.67. The molecule has 0 radical (unpaired) electrons. The second-order valence-corrected chi connectivity index (χ2v) is 12.5. The molecule has 0 spiro atoms. The van der Waals surface area contributed by atoms with Gasteiger partial charge in [-0.15, -0.1) is 0 Å². The summed E-state index contributed by atoms with van der Waals surface area (Å²) in [7, 11) is 0. The van der Waals surface area contributed by atoms with Crippen LogP contribution in [0.5, 0.6) is 0 Å². The minimum atomic E-state index is -1.76. The highest BCUT2D eigenvalue weighted by atomic mass is 16.6. The first kappa shape index (κ1) is 36.2. The van der Waals surface area contributed by atoms with E-state index in [1.165, 1.54) is 0 Å². The standard InChI is InChI=1S/C35H46N4O7/c1-23(2)29(36)32(42)39(34(44)45-22-26-18-12-13-19-37-26)28(21-25-16-10-7-11-17-25)31(41)30(40)27(20-24-14-8-6-9-15-24)38-33(43)46-35(3,4)5/h6-19,23,27-31,40-41H,20-22,36H2,1-5H3,(H,38,43)/t27-,28-,29-,30?,31?/m0/s1. The number of ether oxygens (including phenoxy) is 2. The second-order valence-electron chi connectivity index (χ2n) is 12.5. The van der Waals surface area contributed by atoms with Crippen LogP contribution >= 0.6 is 0 Å². The molecule has 1 heterocycles. The Balaban J connectivity index is 2.04. The number of alkyl carbamates (subject to hydrolysis) is 1. The number of benzene rings is 2. The van der Waals surface area contributed by atoms with Crippen molar-refractivity contribution in [2.45, 2.75) is 90.0 Å². The lowest BCUT2D eigenvalue weighted by Gasteiger charge is -2.38. The second kappa shape index (κ2) is 16.8. The Morgan fingerprint density at radius 1 is 0.870 bits per heavy atom. The molecule has 0 fully saturated rings. The molecule has 0 aliphatic heterocycles. The fraction of sp³-hybridized carbons (Fsp3) is 0.429. The van der Waals surface area contributed by atoms with E-state index in [1.807, 2.05) is 36.4 Å². The van der Waals surface area contributed by atoms with E-state index in [4.69, 9.17) is 15.2 Å². The van der Waals surface area contributed by atoms with Gasteiger partial charge in [-0.25, -0.2) is 14.5 Å². The van der Waals surface area contributed by atoms with E-state index in [9.17, 15) is 24.6 Å². The van der Waals surface area contributed by atoms with Crippen molar-refractivity contribution in [1.82, 2.24) is 15.2 Å². The minimum Gasteiger partial charge on any atom is -0.444 e. The van der Waals surface area contributed by atoms with Crippen LogP contribution in [0.4, 0.5) is 9.59 Å². The molecule has 3 amide bonds. The molecule has 0 bridgehead atoms. The highest BCUT2D eigenvalue weighted by Gasteiger charge is 2.43. The molecule has 11 nitrogen and oxygen atoms in total. The van der Waals surface area contributed by atoms with Gasteiger partial charge in [0.25, 0.3) is 0 Å². The van der Waals surface area contributed by atoms with Crippen molar-refractivity contribution in [3.63, 3.8) is 0 Å². The number of aliphatic hydroxyl groups is 2. The summed E-state index contributed by atoms with van der Waals surface area (Å²) in [4.78, 5) is 45.5. The minimum absolute atomic E-state index is 0.0429. The summed E-state index contributed by atoms with van der Waals surface area (Å²) in [5, 5.41) is 26.3. The fourth-order valence-electron chi connectivity index (χ4n) is 4.79. The van der Waals surface area contributed by atoms with Crippen molar-refractivity contribution in [2.75, 3.05) is 0 Å². The number of rotatable bonds is 13. The molecule has 248 valence electrons. The maximum absolute atomic E-state index is 13.9. The smallest absolute Gasteiger partial charge is 0.417 e. The number of hydrogen-bond acceptors (Lipinski definition) is 9. The Labute approximate surface area is 270 Å². The molecule has 3 aromatic rings. The summed E-state index contributed by atoms with van der Waals surface area (Å²) in [6, 6.07) is 19.6. The summed E-state index contributed by atoms with van der Waals surface area (Å²) >= 11 is 0. The lowest BCUT2D eigenvalue weighted by molar-refractivity contribution is -0.139. The molecular formula is C35H46N4O7. The van der Waals surface area contributed by atoms with E-state index in [2.05, 4.69) is 10.3 Å². The van der Waals surface area contributed by atoms with Crippen LogP contribution in [0.3, 0.4) is 0 Å². The van der Waals surface area contributed by atoms with Gasteiger partial charge in [0.2, 0.25) is 5.91 Å². The van der Waals surface area contributed by atoms with Crippen molar-refractivity contribution in [1.29, 1.82) is 0 Å². The number of imide groups is 1. The number of aliphatic hydroxyl groups excluding tert-OH is 2. The topological polar surface area (TPSA) is 164 Å². The van der Waals surface area contributed by atoms with Gasteiger partial charge < -0.3 is 30.7 Å². The summed E-state index contributed by atoms with van der Waals surface area (Å²) < 4.78 is 11.0. The number of amides is 3. The van der Waals surface area contributed by atoms with Gasteiger partial charge in [0, 0.05) is 6.20 Å². The number of nitrogens with zero attached hydrogens (tertiary/aromatic N) is 2. The SMILES string of the molecule is CC(C)[C@H](N)C(=O)N(C(=O)OCc1ccccn1)[C@@H](Cc1ccccc1)C(O)C(O)[C@H](Cc1ccccc1)NC(=O)OC(C)(C)C. The average molecular weight is 635 g/mol. The Morgan fingerprint density at radius 2 is 1.43 bits per heavy atom. The van der Waals surface area contributed by atoms with Gasteiger partial charge in [-0.2, -0.15) is 0 Å². The maximum Gasteiger partial charge on any atom is 0.417 e. The molecule has 0 aliphatic rings. The van der Waals surface area contributed by atoms with Crippen LogP contribution in [0.15, 0.2) is 85.1 Å². The van der Waals surface area contributed by atoms with E-state index in [0.29, 0.717) is 11.3 Å². The molecule has 3 rings (SSSR count). The van der Waals surface area contributed by atoms with Crippen molar-refractivity contribution in [3.05, 3.63) is 102 Å². The molecule has 5 N–H and O–H groups in total. The normalized spacial score (nSPS) is 14.8. The number of aromatic nitrogens is 1. The maximum atomic E-state index is 13.9. The van der Waals surface area contributed by atoms with E-state index < -0.39 is 54.0 Å². The van der Waals surface area contributed by atoms with Gasteiger partial charge in [-0.1, -0.05) is 80.6 Å². The average Bonchev–Trinajstić information content (AvgIpc) is 3.02. The molecule has 46 heavy (non-hydrogen) atoms. The molecule has 5 atom stereocenters. The number of carbonyl (C=O) groups excluding carboxylic acids is 3. The Bertz CT molecular complexity index is 1380. The quantitative estimate of drug-likeness (QED) is 0.218. The molecule has 11 heteroatoms. The fourth-order valence-corrected chi connectivity index (χ4v) is 4.79. The van der Waals surface area contributed by atoms with Gasteiger partial charge >= 0.3 is 12.2 Å². The summed E-state index contributed by atoms with van der Waals surface area (Å²) in [6.45, 7) is 8.35. The third-order valence-electron chi connectivity index (χ3n) is 7.28. The lowest BCUT2D eigenvalue weighted by atomic mass is 9.89. The van der Waals surface area contributed by atoms with E-state index in [1.54, 1.807) is 83.3 Å². The first-order valence-corrected chi connectivity index (χ1v) is 15.4. The monoisotopic (exact) mass is 634 g/mol. The first-order valence-electron chi connectivity index (χ1n) is 15.4. The highest BCUT2D eigenvalue weighted by Crippen LogP contribution is 2.22. The zero-order valence-electron chi connectivity index (χ0n) is 27.1. The van der Waals surface area contributed by atoms with Crippen LogP contribution in [-0.2, 0) is 33.7 Å². The number of carbonyl (C=O) groups is 3. The van der Waals surface area contributed by atoms with Crippen LogP contribution < -0.4 is 11.1 Å². The number of pyridine rings is 1. The van der Waals surface area contributed by atoms with Crippen LogP contribution in [0, 0.1) is 5.92 Å². The van der Waals surface area contributed by atoms with Crippen LogP contribution in [0.1, 0.15) is 51.4 Å². The van der Waals surface area contributed by atoms with E-state index >= 15 is 0 Å². The van der Waals surface area contributed by atoms with Crippen LogP contribution in [0.2, 0.25) is 0 Å². The van der Waals surface area contributed by atoms with E-state index in [-0.39, 0.29) is 25.4 Å². The molecule has 2 unspecified atom stereocenters. The van der Waals surface area contributed by atoms with Gasteiger partial charge in [0.1, 0.15) is 24.4 Å². The third-order valence-corrected chi connectivity index (χ3v) is 7.28. The van der Waals surface area contributed by atoms with Crippen molar-refractivity contribution >= 4 is 18.1 Å². The largest absolute Gasteiger partial charge is 0.444 e. The molecule has 0 aliphatic carbocycles. The molecule has 2 aromatic carbocycles. The number of nitrogens with one attached hydrogen (secondary N) is 1. The number of nitrogens with two attached hydrogens (primary N) is 1. The predicted octanol–water partition coefficient (Wildman–Crippen LogP) is 4.00. The van der Waals surface area contributed by atoms with Gasteiger partial charge in [-0.05, 0) is 62.8 Å². The van der Waals surface area contributed by atoms with Crippen LogP contribution in [0.25, 0.3) is 0 Å². The zero-order chi connectivity index (χ0) is 33.9. The first-order chi connectivity index (χ1) is 21.8.